The summed E-state index contributed by atoms with van der Waals surface area (Å²) in [5, 5.41) is 0. The van der Waals surface area contributed by atoms with E-state index in [2.05, 4.69) is 13.8 Å². The first kappa shape index (κ1) is 25.6. The molecule has 1 aromatic carbocycles. The van der Waals surface area contributed by atoms with Gasteiger partial charge in [0.1, 0.15) is 0 Å². The Bertz CT molecular complexity index is 815. The van der Waals surface area contributed by atoms with E-state index in [0.717, 1.165) is 24.2 Å². The van der Waals surface area contributed by atoms with E-state index in [1.54, 1.807) is 0 Å². The Hall–Kier alpha value is -2.02. The molecule has 3 amide bonds. The van der Waals surface area contributed by atoms with Crippen LogP contribution in [0.3, 0.4) is 0 Å². The third-order valence-corrected chi connectivity index (χ3v) is 7.90. The molecule has 1 heterocycles. The van der Waals surface area contributed by atoms with Crippen LogP contribution in [-0.2, 0) is 9.59 Å². The summed E-state index contributed by atoms with van der Waals surface area (Å²) in [6.07, 6.45) is 7.32. The van der Waals surface area contributed by atoms with E-state index in [-0.39, 0.29) is 17.7 Å². The number of benzene rings is 1. The topological polar surface area (TPSA) is 60.9 Å². The van der Waals surface area contributed by atoms with Crippen molar-refractivity contribution in [3.05, 3.63) is 29.8 Å². The fourth-order valence-corrected chi connectivity index (χ4v) is 5.55. The number of nitrogens with zero attached hydrogens (tertiary/aromatic N) is 3. The van der Waals surface area contributed by atoms with Gasteiger partial charge in [-0.3, -0.25) is 14.4 Å². The van der Waals surface area contributed by atoms with Crippen molar-refractivity contribution in [2.75, 3.05) is 39.0 Å². The van der Waals surface area contributed by atoms with Crippen LogP contribution in [0.4, 0.5) is 0 Å². The lowest BCUT2D eigenvalue weighted by Crippen LogP contribution is -2.50. The molecular weight excluding hydrogens is 434 g/mol. The molecule has 7 heteroatoms. The van der Waals surface area contributed by atoms with Gasteiger partial charge in [0.15, 0.2) is 0 Å². The molecular formula is C26H39N3O3S. The van der Waals surface area contributed by atoms with Crippen molar-refractivity contribution in [1.82, 2.24) is 14.7 Å². The van der Waals surface area contributed by atoms with Gasteiger partial charge < -0.3 is 14.7 Å². The third kappa shape index (κ3) is 7.23. The van der Waals surface area contributed by atoms with Crippen LogP contribution >= 0.6 is 11.8 Å². The summed E-state index contributed by atoms with van der Waals surface area (Å²) in [6.45, 7) is 6.52. The predicted octanol–water partition coefficient (Wildman–Crippen LogP) is 4.29. The van der Waals surface area contributed by atoms with Crippen molar-refractivity contribution < 1.29 is 14.4 Å². The molecule has 2 fully saturated rings. The summed E-state index contributed by atoms with van der Waals surface area (Å²) in [7, 11) is 1.91. The maximum atomic E-state index is 13.3. The third-order valence-electron chi connectivity index (χ3n) is 6.84. The second-order valence-corrected chi connectivity index (χ2v) is 10.7. The van der Waals surface area contributed by atoms with Crippen molar-refractivity contribution in [1.29, 1.82) is 0 Å². The van der Waals surface area contributed by atoms with Gasteiger partial charge in [-0.15, -0.1) is 11.8 Å². The minimum absolute atomic E-state index is 0.0135. The van der Waals surface area contributed by atoms with E-state index in [9.17, 15) is 14.4 Å². The second kappa shape index (κ2) is 12.4. The molecule has 0 N–H and O–H groups in total. The lowest BCUT2D eigenvalue weighted by molar-refractivity contribution is -0.133. The predicted molar refractivity (Wildman–Crippen MR) is 133 cm³/mol. The standard InChI is InChI=1S/C26H39N3O3S/c1-20(2)13-14-24(30)28-15-17-29(18-16-28)26(32)22-11-7-8-12-23(22)33-19-25(31)27(3)21-9-5-4-6-10-21/h7-8,11-12,20-21H,4-6,9-10,13-19H2,1-3H3. The first-order valence-electron chi connectivity index (χ1n) is 12.4. The molecule has 1 saturated heterocycles. The number of amides is 3. The lowest BCUT2D eigenvalue weighted by Gasteiger charge is -2.35. The summed E-state index contributed by atoms with van der Waals surface area (Å²) in [5.41, 5.74) is 0.648. The Balaban J connectivity index is 1.53. The summed E-state index contributed by atoms with van der Waals surface area (Å²) < 4.78 is 0. The molecule has 1 aromatic rings. The number of hydrogen-bond acceptors (Lipinski definition) is 4. The van der Waals surface area contributed by atoms with Crippen LogP contribution in [0.2, 0.25) is 0 Å². The van der Waals surface area contributed by atoms with Crippen LogP contribution < -0.4 is 0 Å². The zero-order valence-electron chi connectivity index (χ0n) is 20.4. The van der Waals surface area contributed by atoms with Gasteiger partial charge in [0.25, 0.3) is 5.91 Å². The fraction of sp³-hybridized carbons (Fsp3) is 0.654. The minimum atomic E-state index is -0.0135. The molecule has 6 nitrogen and oxygen atoms in total. The Labute approximate surface area is 203 Å². The molecule has 0 unspecified atom stereocenters. The number of thioether (sulfide) groups is 1. The molecule has 33 heavy (non-hydrogen) atoms. The molecule has 0 radical (unpaired) electrons. The van der Waals surface area contributed by atoms with E-state index in [1.807, 2.05) is 46.0 Å². The molecule has 182 valence electrons. The number of piperazine rings is 1. The highest BCUT2D eigenvalue weighted by atomic mass is 32.2. The maximum Gasteiger partial charge on any atom is 0.255 e. The molecule has 0 aromatic heterocycles. The Morgan fingerprint density at radius 3 is 2.30 bits per heavy atom. The second-order valence-electron chi connectivity index (χ2n) is 9.69. The summed E-state index contributed by atoms with van der Waals surface area (Å²) in [5.74, 6) is 1.16. The van der Waals surface area contributed by atoms with Gasteiger partial charge >= 0.3 is 0 Å². The molecule has 1 aliphatic carbocycles. The zero-order chi connectivity index (χ0) is 23.8. The van der Waals surface area contributed by atoms with Crippen LogP contribution in [0.1, 0.15) is 69.2 Å². The summed E-state index contributed by atoms with van der Waals surface area (Å²) in [4.78, 5) is 44.9. The van der Waals surface area contributed by atoms with Crippen LogP contribution in [0.15, 0.2) is 29.2 Å². The van der Waals surface area contributed by atoms with Crippen molar-refractivity contribution in [2.24, 2.45) is 5.92 Å². The van der Waals surface area contributed by atoms with Gasteiger partial charge in [-0.25, -0.2) is 0 Å². The Kier molecular flexibility index (Phi) is 9.65. The minimum Gasteiger partial charge on any atom is -0.342 e. The monoisotopic (exact) mass is 473 g/mol. The van der Waals surface area contributed by atoms with E-state index < -0.39 is 0 Å². The number of carbonyl (C=O) groups is 3. The smallest absolute Gasteiger partial charge is 0.255 e. The summed E-state index contributed by atoms with van der Waals surface area (Å²) >= 11 is 1.45. The van der Waals surface area contributed by atoms with E-state index in [1.165, 1.54) is 31.0 Å². The molecule has 1 saturated carbocycles. The van der Waals surface area contributed by atoms with Crippen molar-refractivity contribution in [3.8, 4) is 0 Å². The van der Waals surface area contributed by atoms with Gasteiger partial charge in [-0.1, -0.05) is 45.2 Å². The highest BCUT2D eigenvalue weighted by molar-refractivity contribution is 8.00. The Morgan fingerprint density at radius 2 is 1.64 bits per heavy atom. The highest BCUT2D eigenvalue weighted by Gasteiger charge is 2.27. The van der Waals surface area contributed by atoms with E-state index in [0.29, 0.717) is 55.9 Å². The average Bonchev–Trinajstić information content (AvgIpc) is 2.85. The lowest BCUT2D eigenvalue weighted by atomic mass is 9.94. The average molecular weight is 474 g/mol. The van der Waals surface area contributed by atoms with Gasteiger partial charge in [0.2, 0.25) is 11.8 Å². The Morgan fingerprint density at radius 1 is 1.00 bits per heavy atom. The molecule has 3 rings (SSSR count). The number of rotatable bonds is 8. The molecule has 0 atom stereocenters. The quantitative estimate of drug-likeness (QED) is 0.529. The van der Waals surface area contributed by atoms with Crippen molar-refractivity contribution in [3.63, 3.8) is 0 Å². The zero-order valence-corrected chi connectivity index (χ0v) is 21.2. The SMILES string of the molecule is CC(C)CCC(=O)N1CCN(C(=O)c2ccccc2SCC(=O)N(C)C2CCCCC2)CC1. The van der Waals surface area contributed by atoms with E-state index >= 15 is 0 Å². The molecule has 0 bridgehead atoms. The first-order chi connectivity index (χ1) is 15.9. The highest BCUT2D eigenvalue weighted by Crippen LogP contribution is 2.27. The largest absolute Gasteiger partial charge is 0.342 e. The van der Waals surface area contributed by atoms with Crippen LogP contribution in [0.5, 0.6) is 0 Å². The van der Waals surface area contributed by atoms with Crippen molar-refractivity contribution in [2.45, 2.75) is 69.7 Å². The van der Waals surface area contributed by atoms with Gasteiger partial charge in [0, 0.05) is 50.6 Å². The first-order valence-corrected chi connectivity index (χ1v) is 13.4. The van der Waals surface area contributed by atoms with Crippen LogP contribution in [0, 0.1) is 5.92 Å². The van der Waals surface area contributed by atoms with Gasteiger partial charge in [-0.05, 0) is 37.3 Å². The normalized spacial score (nSPS) is 17.3. The maximum absolute atomic E-state index is 13.3. The van der Waals surface area contributed by atoms with Gasteiger partial charge in [-0.2, -0.15) is 0 Å². The molecule has 0 spiro atoms. The summed E-state index contributed by atoms with van der Waals surface area (Å²) in [6, 6.07) is 7.92. The number of hydrogen-bond donors (Lipinski definition) is 0. The molecule has 1 aliphatic heterocycles. The number of carbonyl (C=O) groups excluding carboxylic acids is 3. The van der Waals surface area contributed by atoms with Crippen LogP contribution in [-0.4, -0.2) is 77.4 Å². The van der Waals surface area contributed by atoms with Crippen LogP contribution in [0.25, 0.3) is 0 Å². The van der Waals surface area contributed by atoms with Crippen molar-refractivity contribution >= 4 is 29.5 Å². The fourth-order valence-electron chi connectivity index (χ4n) is 4.58. The van der Waals surface area contributed by atoms with Gasteiger partial charge in [0.05, 0.1) is 11.3 Å². The molecule has 2 aliphatic rings. The van der Waals surface area contributed by atoms with E-state index in [4.69, 9.17) is 0 Å².